The number of fused-ring (bicyclic) bond motifs is 1. The third-order valence-electron chi connectivity index (χ3n) is 5.04. The number of hydrogen-bond donors (Lipinski definition) is 2. The molecule has 156 valence electrons. The van der Waals surface area contributed by atoms with E-state index in [4.69, 9.17) is 16.3 Å². The van der Waals surface area contributed by atoms with Crippen molar-refractivity contribution in [2.45, 2.75) is 37.2 Å². The van der Waals surface area contributed by atoms with Gasteiger partial charge in [0.05, 0.1) is 18.2 Å². The molecule has 2 N–H and O–H groups in total. The summed E-state index contributed by atoms with van der Waals surface area (Å²) in [4.78, 5) is 13.4. The number of carbonyl (C=O) groups is 1. The molecule has 9 heteroatoms. The fourth-order valence-corrected chi connectivity index (χ4v) is 4.75. The zero-order valence-corrected chi connectivity index (χ0v) is 18.6. The third kappa shape index (κ3) is 3.85. The Morgan fingerprint density at radius 2 is 2.00 bits per heavy atom. The molecule has 0 saturated carbocycles. The lowest BCUT2D eigenvalue weighted by atomic mass is 10.0. The molecule has 2 aromatic carbocycles. The van der Waals surface area contributed by atoms with Gasteiger partial charge in [0, 0.05) is 5.69 Å². The summed E-state index contributed by atoms with van der Waals surface area (Å²) in [5.41, 5.74) is 7.14. The molecule has 1 aliphatic heterocycles. The Labute approximate surface area is 184 Å². The first-order valence-corrected chi connectivity index (χ1v) is 10.7. The Morgan fingerprint density at radius 3 is 2.73 bits per heavy atom. The van der Waals surface area contributed by atoms with Gasteiger partial charge in [0.1, 0.15) is 16.8 Å². The summed E-state index contributed by atoms with van der Waals surface area (Å²) in [5.74, 6) is 1.18. The van der Waals surface area contributed by atoms with Crippen molar-refractivity contribution in [1.29, 1.82) is 0 Å². The number of nitrogens with zero attached hydrogens (tertiary/aromatic N) is 3. The van der Waals surface area contributed by atoms with Crippen LogP contribution >= 0.6 is 23.4 Å². The number of ether oxygens (including phenoxy) is 1. The summed E-state index contributed by atoms with van der Waals surface area (Å²) in [6.45, 7) is 5.83. The number of rotatable bonds is 4. The van der Waals surface area contributed by atoms with Gasteiger partial charge in [-0.15, -0.1) is 10.2 Å². The number of thioether (sulfide) groups is 1. The van der Waals surface area contributed by atoms with Gasteiger partial charge in [0.15, 0.2) is 0 Å². The van der Waals surface area contributed by atoms with Crippen LogP contribution in [-0.4, -0.2) is 33.1 Å². The molecule has 0 aliphatic carbocycles. The second-order valence-corrected chi connectivity index (χ2v) is 8.73. The molecule has 0 saturated heterocycles. The fraction of sp³-hybridized carbons (Fsp3) is 0.286. The molecule has 3 aromatic rings. The first-order valence-electron chi connectivity index (χ1n) is 9.44. The van der Waals surface area contributed by atoms with Crippen LogP contribution < -0.4 is 15.5 Å². The number of benzene rings is 2. The van der Waals surface area contributed by atoms with Crippen molar-refractivity contribution >= 4 is 35.0 Å². The third-order valence-corrected chi connectivity index (χ3v) is 6.55. The monoisotopic (exact) mass is 443 g/mol. The van der Waals surface area contributed by atoms with Gasteiger partial charge in [-0.25, -0.2) is 4.68 Å². The van der Waals surface area contributed by atoms with E-state index in [1.807, 2.05) is 51.1 Å². The smallest absolute Gasteiger partial charge is 0.240 e. The highest BCUT2D eigenvalue weighted by Crippen LogP contribution is 2.39. The fourth-order valence-electron chi connectivity index (χ4n) is 3.36. The molecule has 0 spiro atoms. The number of anilines is 1. The number of halogens is 1. The predicted molar refractivity (Wildman–Crippen MR) is 119 cm³/mol. The van der Waals surface area contributed by atoms with E-state index in [1.54, 1.807) is 17.9 Å². The largest absolute Gasteiger partial charge is 0.495 e. The van der Waals surface area contributed by atoms with Crippen LogP contribution in [-0.2, 0) is 4.79 Å². The maximum absolute atomic E-state index is 13.4. The predicted octanol–water partition coefficient (Wildman–Crippen LogP) is 4.26. The maximum atomic E-state index is 13.4. The topological polar surface area (TPSA) is 81.1 Å². The van der Waals surface area contributed by atoms with E-state index in [-0.39, 0.29) is 11.9 Å². The quantitative estimate of drug-likeness (QED) is 0.627. The van der Waals surface area contributed by atoms with Crippen molar-refractivity contribution < 1.29 is 9.53 Å². The van der Waals surface area contributed by atoms with E-state index in [2.05, 4.69) is 20.9 Å². The number of aromatic nitrogens is 3. The van der Waals surface area contributed by atoms with Crippen LogP contribution in [0.4, 0.5) is 5.69 Å². The van der Waals surface area contributed by atoms with Crippen LogP contribution in [0.3, 0.4) is 0 Å². The highest BCUT2D eigenvalue weighted by Gasteiger charge is 2.37. The summed E-state index contributed by atoms with van der Waals surface area (Å²) in [6, 6.07) is 11.2. The van der Waals surface area contributed by atoms with Crippen molar-refractivity contribution in [1.82, 2.24) is 14.9 Å². The first-order chi connectivity index (χ1) is 14.4. The molecular formula is C21H22ClN5O2S. The Bertz CT molecular complexity index is 1120. The van der Waals surface area contributed by atoms with Gasteiger partial charge in [-0.3, -0.25) is 4.79 Å². The van der Waals surface area contributed by atoms with Crippen LogP contribution in [0.2, 0.25) is 5.02 Å². The normalized spacial score (nSPS) is 17.8. The van der Waals surface area contributed by atoms with E-state index in [0.29, 0.717) is 15.9 Å². The van der Waals surface area contributed by atoms with Crippen LogP contribution in [0, 0.1) is 20.8 Å². The highest BCUT2D eigenvalue weighted by atomic mass is 35.5. The summed E-state index contributed by atoms with van der Waals surface area (Å²) in [7, 11) is 1.57. The lowest BCUT2D eigenvalue weighted by Crippen LogP contribution is -2.41. The molecule has 0 bridgehead atoms. The minimum absolute atomic E-state index is 0.120. The Morgan fingerprint density at radius 1 is 1.20 bits per heavy atom. The van der Waals surface area contributed by atoms with Gasteiger partial charge in [-0.2, -0.15) is 0 Å². The standard InChI is InChI=1S/C21H22ClN5O2S/c1-11-5-6-12(2)16(9-11)23-20(28)19-18(14-7-8-17(29-4)15(22)10-14)26-27-13(3)24-25-21(27)30-19/h5-10,18-19,26H,1-4H3,(H,23,28)/t18-,19+/m0/s1. The van der Waals surface area contributed by atoms with E-state index < -0.39 is 5.25 Å². The molecular weight excluding hydrogens is 422 g/mol. The molecule has 30 heavy (non-hydrogen) atoms. The van der Waals surface area contributed by atoms with E-state index in [0.717, 1.165) is 28.2 Å². The average Bonchev–Trinajstić information content (AvgIpc) is 3.09. The number of nitrogens with one attached hydrogen (secondary N) is 2. The van der Waals surface area contributed by atoms with Gasteiger partial charge >= 0.3 is 0 Å². The summed E-state index contributed by atoms with van der Waals surface area (Å²) >= 11 is 7.74. The SMILES string of the molecule is COc1ccc([C@@H]2Nn3c(C)nnc3S[C@H]2C(=O)Nc2cc(C)ccc2C)cc1Cl. The lowest BCUT2D eigenvalue weighted by molar-refractivity contribution is -0.116. The Hall–Kier alpha value is -2.71. The summed E-state index contributed by atoms with van der Waals surface area (Å²) in [6.07, 6.45) is 0. The average molecular weight is 444 g/mol. The molecule has 0 radical (unpaired) electrons. The lowest BCUT2D eigenvalue weighted by Gasteiger charge is -2.33. The molecule has 2 heterocycles. The van der Waals surface area contributed by atoms with Crippen LogP contribution in [0.1, 0.15) is 28.6 Å². The van der Waals surface area contributed by atoms with Crippen molar-refractivity contribution in [2.75, 3.05) is 17.9 Å². The minimum atomic E-state index is -0.481. The zero-order valence-electron chi connectivity index (χ0n) is 17.1. The molecule has 4 rings (SSSR count). The molecule has 1 aromatic heterocycles. The van der Waals surface area contributed by atoms with E-state index in [9.17, 15) is 4.79 Å². The molecule has 0 unspecified atom stereocenters. The van der Waals surface area contributed by atoms with Crippen molar-refractivity contribution in [3.8, 4) is 5.75 Å². The first kappa shape index (κ1) is 20.6. The number of amides is 1. The second-order valence-electron chi connectivity index (χ2n) is 7.21. The molecule has 1 aliphatic rings. The van der Waals surface area contributed by atoms with E-state index in [1.165, 1.54) is 11.8 Å². The van der Waals surface area contributed by atoms with Crippen molar-refractivity contribution in [2.24, 2.45) is 0 Å². The van der Waals surface area contributed by atoms with Crippen LogP contribution in [0.25, 0.3) is 0 Å². The van der Waals surface area contributed by atoms with E-state index >= 15 is 0 Å². The Kier molecular flexibility index (Phi) is 5.62. The van der Waals surface area contributed by atoms with Crippen molar-refractivity contribution in [3.63, 3.8) is 0 Å². The second kappa shape index (κ2) is 8.20. The van der Waals surface area contributed by atoms with Gasteiger partial charge in [0.2, 0.25) is 11.1 Å². The van der Waals surface area contributed by atoms with Crippen molar-refractivity contribution in [3.05, 3.63) is 63.9 Å². The summed E-state index contributed by atoms with van der Waals surface area (Å²) in [5, 5.41) is 12.0. The minimum Gasteiger partial charge on any atom is -0.495 e. The van der Waals surface area contributed by atoms with Gasteiger partial charge in [-0.05, 0) is 55.7 Å². The van der Waals surface area contributed by atoms with Gasteiger partial charge in [-0.1, -0.05) is 41.6 Å². The highest BCUT2D eigenvalue weighted by molar-refractivity contribution is 8.00. The molecule has 7 nitrogen and oxygen atoms in total. The molecule has 0 fully saturated rings. The summed E-state index contributed by atoms with van der Waals surface area (Å²) < 4.78 is 7.07. The molecule has 2 atom stereocenters. The number of hydrogen-bond acceptors (Lipinski definition) is 6. The molecule has 1 amide bonds. The van der Waals surface area contributed by atoms with Crippen LogP contribution in [0.15, 0.2) is 41.6 Å². The Balaban J connectivity index is 1.70. The number of carbonyl (C=O) groups excluding carboxylic acids is 1. The zero-order chi connectivity index (χ0) is 21.4. The number of methoxy groups -OCH3 is 1. The maximum Gasteiger partial charge on any atom is 0.240 e. The van der Waals surface area contributed by atoms with Gasteiger partial charge in [0.25, 0.3) is 0 Å². The van der Waals surface area contributed by atoms with Crippen LogP contribution in [0.5, 0.6) is 5.75 Å². The number of aryl methyl sites for hydroxylation is 3. The van der Waals surface area contributed by atoms with Gasteiger partial charge < -0.3 is 15.5 Å².